The Hall–Kier alpha value is -1.10. The lowest BCUT2D eigenvalue weighted by molar-refractivity contribution is -0.0377. The van der Waals surface area contributed by atoms with Crippen molar-refractivity contribution < 1.29 is 9.47 Å². The van der Waals surface area contributed by atoms with E-state index in [0.717, 1.165) is 31.4 Å². The van der Waals surface area contributed by atoms with Gasteiger partial charge in [-0.05, 0) is 43.4 Å². The molecule has 0 heterocycles. The Morgan fingerprint density at radius 2 is 1.85 bits per heavy atom. The van der Waals surface area contributed by atoms with E-state index in [-0.39, 0.29) is 11.6 Å². The van der Waals surface area contributed by atoms with Gasteiger partial charge in [-0.1, -0.05) is 25.0 Å². The number of nitrogens with one attached hydrogen (secondary N) is 1. The molecule has 0 bridgehead atoms. The van der Waals surface area contributed by atoms with Crippen molar-refractivity contribution in [1.29, 1.82) is 0 Å². The Kier molecular flexibility index (Phi) is 5.40. The van der Waals surface area contributed by atoms with Crippen LogP contribution in [0.5, 0.6) is 5.75 Å². The van der Waals surface area contributed by atoms with E-state index in [2.05, 4.69) is 17.6 Å². The van der Waals surface area contributed by atoms with Crippen LogP contribution in [0.25, 0.3) is 0 Å². The molecule has 1 aromatic carbocycles. The van der Waals surface area contributed by atoms with Crippen LogP contribution in [0.4, 0.5) is 0 Å². The van der Waals surface area contributed by atoms with Crippen LogP contribution in [0, 0.1) is 0 Å². The van der Waals surface area contributed by atoms with Gasteiger partial charge in [0, 0.05) is 7.11 Å². The van der Waals surface area contributed by atoms with E-state index in [1.54, 1.807) is 7.11 Å². The molecule has 0 saturated heterocycles. The summed E-state index contributed by atoms with van der Waals surface area (Å²) in [6, 6.07) is 8.43. The molecule has 1 atom stereocenters. The highest BCUT2D eigenvalue weighted by atomic mass is 16.5. The number of nitrogens with two attached hydrogens (primary N) is 1. The summed E-state index contributed by atoms with van der Waals surface area (Å²) in [5.74, 6) is 6.67. The van der Waals surface area contributed by atoms with E-state index < -0.39 is 0 Å². The Labute approximate surface area is 121 Å². The lowest BCUT2D eigenvalue weighted by atomic mass is 9.88. The summed E-state index contributed by atoms with van der Waals surface area (Å²) in [4.78, 5) is 0. The molecule has 1 aromatic rings. The van der Waals surface area contributed by atoms with Crippen LogP contribution in [-0.2, 0) is 11.2 Å². The molecule has 4 nitrogen and oxygen atoms in total. The third kappa shape index (κ3) is 3.32. The average molecular weight is 278 g/mol. The van der Waals surface area contributed by atoms with E-state index in [9.17, 15) is 0 Å². The Morgan fingerprint density at radius 3 is 2.35 bits per heavy atom. The highest BCUT2D eigenvalue weighted by Crippen LogP contribution is 2.36. The summed E-state index contributed by atoms with van der Waals surface area (Å²) >= 11 is 0. The topological polar surface area (TPSA) is 56.5 Å². The van der Waals surface area contributed by atoms with E-state index in [0.29, 0.717) is 0 Å². The van der Waals surface area contributed by atoms with Crippen LogP contribution in [0.1, 0.15) is 37.7 Å². The molecule has 0 radical (unpaired) electrons. The van der Waals surface area contributed by atoms with Crippen molar-refractivity contribution in [2.45, 2.75) is 50.2 Å². The zero-order valence-electron chi connectivity index (χ0n) is 12.5. The van der Waals surface area contributed by atoms with Gasteiger partial charge in [0.2, 0.25) is 0 Å². The maximum Gasteiger partial charge on any atom is 0.118 e. The normalized spacial score (nSPS) is 18.9. The van der Waals surface area contributed by atoms with E-state index in [1.807, 2.05) is 19.2 Å². The summed E-state index contributed by atoms with van der Waals surface area (Å²) in [6.45, 7) is 0. The van der Waals surface area contributed by atoms with Crippen LogP contribution >= 0.6 is 0 Å². The van der Waals surface area contributed by atoms with Gasteiger partial charge in [0.1, 0.15) is 5.75 Å². The number of benzene rings is 1. The molecule has 2 rings (SSSR count). The Balaban J connectivity index is 1.95. The maximum atomic E-state index is 5.81. The minimum atomic E-state index is -0.0821. The van der Waals surface area contributed by atoms with E-state index in [1.165, 1.54) is 18.4 Å². The van der Waals surface area contributed by atoms with Crippen molar-refractivity contribution in [3.8, 4) is 5.75 Å². The molecule has 4 heteroatoms. The number of aryl methyl sites for hydroxylation is 1. The predicted molar refractivity (Wildman–Crippen MR) is 80.6 cm³/mol. The zero-order chi connectivity index (χ0) is 14.4. The second-order valence-electron chi connectivity index (χ2n) is 5.58. The molecule has 20 heavy (non-hydrogen) atoms. The van der Waals surface area contributed by atoms with Crippen LogP contribution in [0.3, 0.4) is 0 Å². The maximum absolute atomic E-state index is 5.81. The Bertz CT molecular complexity index is 399. The second-order valence-corrected chi connectivity index (χ2v) is 5.58. The predicted octanol–water partition coefficient (Wildman–Crippen LogP) is 2.42. The fourth-order valence-electron chi connectivity index (χ4n) is 3.27. The molecule has 1 unspecified atom stereocenters. The zero-order valence-corrected chi connectivity index (χ0v) is 12.5. The fraction of sp³-hybridized carbons (Fsp3) is 0.625. The summed E-state index contributed by atoms with van der Waals surface area (Å²) in [5.41, 5.74) is 4.20. The van der Waals surface area contributed by atoms with Gasteiger partial charge in [-0.3, -0.25) is 11.3 Å². The first-order chi connectivity index (χ1) is 9.74. The molecule has 0 aliphatic heterocycles. The van der Waals surface area contributed by atoms with Gasteiger partial charge < -0.3 is 9.47 Å². The molecule has 1 saturated carbocycles. The summed E-state index contributed by atoms with van der Waals surface area (Å²) in [7, 11) is 3.49. The van der Waals surface area contributed by atoms with Crippen LogP contribution < -0.4 is 16.0 Å². The molecule has 1 aliphatic carbocycles. The van der Waals surface area contributed by atoms with Crippen molar-refractivity contribution in [2.75, 3.05) is 14.2 Å². The highest BCUT2D eigenvalue weighted by Gasteiger charge is 2.40. The molecule has 1 aliphatic rings. The van der Waals surface area contributed by atoms with Gasteiger partial charge in [-0.25, -0.2) is 0 Å². The molecular formula is C16H26N2O2. The average Bonchev–Trinajstić information content (AvgIpc) is 2.98. The van der Waals surface area contributed by atoms with Crippen molar-refractivity contribution in [3.63, 3.8) is 0 Å². The first-order valence-electron chi connectivity index (χ1n) is 7.38. The largest absolute Gasteiger partial charge is 0.497 e. The number of rotatable bonds is 7. The molecule has 0 spiro atoms. The van der Waals surface area contributed by atoms with Crippen molar-refractivity contribution in [3.05, 3.63) is 29.8 Å². The van der Waals surface area contributed by atoms with Crippen LogP contribution in [0.15, 0.2) is 24.3 Å². The quantitative estimate of drug-likeness (QED) is 0.594. The lowest BCUT2D eigenvalue weighted by Crippen LogP contribution is -2.53. The minimum Gasteiger partial charge on any atom is -0.497 e. The standard InChI is InChI=1S/C16H26N2O2/c1-19-14-8-5-13(6-9-14)7-10-15(18-17)16(20-2)11-3-4-12-16/h5-6,8-9,15,18H,3-4,7,10-12,17H2,1-2H3. The molecule has 1 fully saturated rings. The smallest absolute Gasteiger partial charge is 0.118 e. The monoisotopic (exact) mass is 278 g/mol. The molecule has 3 N–H and O–H groups in total. The number of hydrazine groups is 1. The number of ether oxygens (including phenoxy) is 2. The van der Waals surface area contributed by atoms with Gasteiger partial charge in [0.15, 0.2) is 0 Å². The van der Waals surface area contributed by atoms with Crippen LogP contribution in [0.2, 0.25) is 0 Å². The molecule has 0 amide bonds. The minimum absolute atomic E-state index is 0.0821. The van der Waals surface area contributed by atoms with Crippen molar-refractivity contribution in [2.24, 2.45) is 5.84 Å². The lowest BCUT2D eigenvalue weighted by Gasteiger charge is -2.36. The summed E-state index contributed by atoms with van der Waals surface area (Å²) < 4.78 is 11.0. The number of hydrogen-bond donors (Lipinski definition) is 2. The Morgan fingerprint density at radius 1 is 1.20 bits per heavy atom. The first kappa shape index (κ1) is 15.3. The summed E-state index contributed by atoms with van der Waals surface area (Å²) in [5, 5.41) is 0. The number of hydrogen-bond acceptors (Lipinski definition) is 4. The molecule has 112 valence electrons. The van der Waals surface area contributed by atoms with E-state index >= 15 is 0 Å². The second kappa shape index (κ2) is 7.07. The van der Waals surface area contributed by atoms with Crippen molar-refractivity contribution in [1.82, 2.24) is 5.43 Å². The first-order valence-corrected chi connectivity index (χ1v) is 7.38. The molecular weight excluding hydrogens is 252 g/mol. The van der Waals surface area contributed by atoms with Crippen LogP contribution in [-0.4, -0.2) is 25.9 Å². The van der Waals surface area contributed by atoms with Gasteiger partial charge in [-0.2, -0.15) is 0 Å². The van der Waals surface area contributed by atoms with Gasteiger partial charge in [0.05, 0.1) is 18.8 Å². The van der Waals surface area contributed by atoms with Crippen molar-refractivity contribution >= 4 is 0 Å². The van der Waals surface area contributed by atoms with E-state index in [4.69, 9.17) is 15.3 Å². The summed E-state index contributed by atoms with van der Waals surface area (Å²) in [6.07, 6.45) is 6.63. The van der Waals surface area contributed by atoms with Gasteiger partial charge in [-0.15, -0.1) is 0 Å². The third-order valence-corrected chi connectivity index (χ3v) is 4.57. The SMILES string of the molecule is COc1ccc(CCC(NN)C2(OC)CCCC2)cc1. The third-order valence-electron chi connectivity index (χ3n) is 4.57. The fourth-order valence-corrected chi connectivity index (χ4v) is 3.27. The van der Waals surface area contributed by atoms with Gasteiger partial charge >= 0.3 is 0 Å². The van der Waals surface area contributed by atoms with Gasteiger partial charge in [0.25, 0.3) is 0 Å². The number of methoxy groups -OCH3 is 2. The molecule has 0 aromatic heterocycles. The highest BCUT2D eigenvalue weighted by molar-refractivity contribution is 5.27.